The molecule has 1 unspecified atom stereocenters. The predicted molar refractivity (Wildman–Crippen MR) is 97.9 cm³/mol. The van der Waals surface area contributed by atoms with Crippen molar-refractivity contribution in [3.63, 3.8) is 0 Å². The summed E-state index contributed by atoms with van der Waals surface area (Å²) < 4.78 is 5.29. The summed E-state index contributed by atoms with van der Waals surface area (Å²) in [5, 5.41) is 8.54. The first-order valence-corrected chi connectivity index (χ1v) is 9.28. The molecule has 0 saturated heterocycles. The van der Waals surface area contributed by atoms with Crippen molar-refractivity contribution in [2.24, 2.45) is 0 Å². The molecule has 138 valence electrons. The van der Waals surface area contributed by atoms with Gasteiger partial charge in [-0.15, -0.1) is 0 Å². The quantitative estimate of drug-likeness (QED) is 0.246. The van der Waals surface area contributed by atoms with Gasteiger partial charge in [-0.2, -0.15) is 0 Å². The van der Waals surface area contributed by atoms with E-state index >= 15 is 0 Å². The summed E-state index contributed by atoms with van der Waals surface area (Å²) in [4.78, 5) is 21.5. The number of unbranched alkanes of at least 4 members (excludes halogenated alkanes) is 7. The van der Waals surface area contributed by atoms with E-state index in [2.05, 4.69) is 13.0 Å². The fraction of sp³-hybridized carbons (Fsp3) is 0.700. The highest BCUT2D eigenvalue weighted by molar-refractivity contribution is 5.66. The summed E-state index contributed by atoms with van der Waals surface area (Å²) >= 11 is 0. The molecular weight excluding hydrogens is 304 g/mol. The Kier molecular flexibility index (Phi) is 15.2. The zero-order valence-electron chi connectivity index (χ0n) is 15.3. The van der Waals surface area contributed by atoms with Gasteiger partial charge in [-0.3, -0.25) is 9.59 Å². The molecule has 0 amide bonds. The Morgan fingerprint density at radius 2 is 1.71 bits per heavy atom. The summed E-state index contributed by atoms with van der Waals surface area (Å²) in [5.41, 5.74) is 0. The number of esters is 1. The molecule has 0 aromatic rings. The van der Waals surface area contributed by atoms with E-state index in [4.69, 9.17) is 9.84 Å². The van der Waals surface area contributed by atoms with Crippen LogP contribution in [-0.4, -0.2) is 23.1 Å². The fourth-order valence-electron chi connectivity index (χ4n) is 2.43. The monoisotopic (exact) mass is 338 g/mol. The maximum Gasteiger partial charge on any atom is 0.303 e. The van der Waals surface area contributed by atoms with Crippen LogP contribution in [0.1, 0.15) is 84.5 Å². The molecule has 0 bridgehead atoms. The zero-order chi connectivity index (χ0) is 18.0. The number of carboxylic acids is 1. The van der Waals surface area contributed by atoms with E-state index in [9.17, 15) is 9.59 Å². The van der Waals surface area contributed by atoms with Crippen LogP contribution in [-0.2, 0) is 14.3 Å². The summed E-state index contributed by atoms with van der Waals surface area (Å²) in [5.74, 6) is -0.931. The lowest BCUT2D eigenvalue weighted by molar-refractivity contribution is -0.144. The third-order valence-electron chi connectivity index (χ3n) is 3.74. The SMILES string of the molecule is CCCCCC(C=CC=CCCCCCCCC(=O)O)OC(C)=O. The molecule has 1 N–H and O–H groups in total. The van der Waals surface area contributed by atoms with Gasteiger partial charge >= 0.3 is 11.9 Å². The Morgan fingerprint density at radius 1 is 1.00 bits per heavy atom. The van der Waals surface area contributed by atoms with E-state index in [-0.39, 0.29) is 18.5 Å². The smallest absolute Gasteiger partial charge is 0.303 e. The standard InChI is InChI=1S/C20H34O4/c1-3-4-12-15-19(24-18(2)21)16-13-10-8-6-5-7-9-11-14-17-20(22)23/h8,10,13,16,19H,3-7,9,11-12,14-15,17H2,1-2H3,(H,22,23). The van der Waals surface area contributed by atoms with Crippen molar-refractivity contribution in [2.75, 3.05) is 0 Å². The lowest BCUT2D eigenvalue weighted by Crippen LogP contribution is -2.13. The van der Waals surface area contributed by atoms with Crippen LogP contribution >= 0.6 is 0 Å². The normalized spacial score (nSPS) is 12.8. The van der Waals surface area contributed by atoms with Gasteiger partial charge in [0.15, 0.2) is 0 Å². The maximum atomic E-state index is 11.1. The second-order valence-electron chi connectivity index (χ2n) is 6.16. The molecule has 24 heavy (non-hydrogen) atoms. The van der Waals surface area contributed by atoms with Gasteiger partial charge < -0.3 is 9.84 Å². The molecule has 0 aliphatic carbocycles. The molecule has 0 saturated carbocycles. The Bertz CT molecular complexity index is 385. The molecule has 0 heterocycles. The first-order chi connectivity index (χ1) is 11.6. The molecule has 0 aliphatic heterocycles. The van der Waals surface area contributed by atoms with Gasteiger partial charge in [0, 0.05) is 13.3 Å². The summed E-state index contributed by atoms with van der Waals surface area (Å²) in [7, 11) is 0. The van der Waals surface area contributed by atoms with Crippen LogP contribution in [0.4, 0.5) is 0 Å². The van der Waals surface area contributed by atoms with Crippen LogP contribution in [0.15, 0.2) is 24.3 Å². The van der Waals surface area contributed by atoms with Crippen molar-refractivity contribution in [3.05, 3.63) is 24.3 Å². The van der Waals surface area contributed by atoms with Gasteiger partial charge in [0.2, 0.25) is 0 Å². The number of aliphatic carboxylic acids is 1. The second kappa shape index (κ2) is 16.3. The van der Waals surface area contributed by atoms with Crippen LogP contribution in [0.25, 0.3) is 0 Å². The minimum absolute atomic E-state index is 0.118. The van der Waals surface area contributed by atoms with Crippen LogP contribution in [0, 0.1) is 0 Å². The molecule has 0 aromatic heterocycles. The Labute approximate surface area is 147 Å². The number of allylic oxidation sites excluding steroid dienone is 3. The molecule has 0 fully saturated rings. The van der Waals surface area contributed by atoms with Gasteiger partial charge in [-0.05, 0) is 38.2 Å². The molecule has 4 heteroatoms. The second-order valence-corrected chi connectivity index (χ2v) is 6.16. The lowest BCUT2D eigenvalue weighted by atomic mass is 10.1. The number of carbonyl (C=O) groups excluding carboxylic acids is 1. The van der Waals surface area contributed by atoms with E-state index in [0.29, 0.717) is 0 Å². The highest BCUT2D eigenvalue weighted by Crippen LogP contribution is 2.10. The molecule has 4 nitrogen and oxygen atoms in total. The van der Waals surface area contributed by atoms with Crippen molar-refractivity contribution in [1.29, 1.82) is 0 Å². The summed E-state index contributed by atoms with van der Waals surface area (Å²) in [6, 6.07) is 0. The van der Waals surface area contributed by atoms with Crippen molar-refractivity contribution in [2.45, 2.75) is 90.6 Å². The van der Waals surface area contributed by atoms with Crippen molar-refractivity contribution >= 4 is 11.9 Å². The molecule has 0 radical (unpaired) electrons. The van der Waals surface area contributed by atoms with Gasteiger partial charge in [0.25, 0.3) is 0 Å². The van der Waals surface area contributed by atoms with Gasteiger partial charge in [-0.1, -0.05) is 57.3 Å². The van der Waals surface area contributed by atoms with Crippen LogP contribution < -0.4 is 0 Å². The molecule has 0 aromatic carbocycles. The van der Waals surface area contributed by atoms with E-state index in [1.54, 1.807) is 0 Å². The number of ether oxygens (including phenoxy) is 1. The van der Waals surface area contributed by atoms with E-state index in [1.807, 2.05) is 18.2 Å². The molecular formula is C20H34O4. The number of carboxylic acid groups (broad SMARTS) is 1. The molecule has 0 rings (SSSR count). The minimum Gasteiger partial charge on any atom is -0.481 e. The molecule has 0 spiro atoms. The van der Waals surface area contributed by atoms with Crippen molar-refractivity contribution in [1.82, 2.24) is 0 Å². The van der Waals surface area contributed by atoms with Crippen LogP contribution in [0.5, 0.6) is 0 Å². The first kappa shape index (κ1) is 22.4. The summed E-state index contributed by atoms with van der Waals surface area (Å²) in [6.45, 7) is 3.61. The average molecular weight is 338 g/mol. The van der Waals surface area contributed by atoms with E-state index in [1.165, 1.54) is 6.92 Å². The molecule has 1 atom stereocenters. The van der Waals surface area contributed by atoms with Crippen LogP contribution in [0.2, 0.25) is 0 Å². The topological polar surface area (TPSA) is 63.6 Å². The largest absolute Gasteiger partial charge is 0.481 e. The lowest BCUT2D eigenvalue weighted by Gasteiger charge is -2.12. The summed E-state index contributed by atoms with van der Waals surface area (Å²) in [6.07, 6.45) is 18.7. The van der Waals surface area contributed by atoms with Gasteiger partial charge in [-0.25, -0.2) is 0 Å². The highest BCUT2D eigenvalue weighted by Gasteiger charge is 2.06. The maximum absolute atomic E-state index is 11.1. The number of rotatable bonds is 15. The van der Waals surface area contributed by atoms with Crippen molar-refractivity contribution < 1.29 is 19.4 Å². The third kappa shape index (κ3) is 16.8. The van der Waals surface area contributed by atoms with E-state index in [0.717, 1.165) is 64.2 Å². The Morgan fingerprint density at radius 3 is 2.38 bits per heavy atom. The third-order valence-corrected chi connectivity index (χ3v) is 3.74. The Hall–Kier alpha value is -1.58. The van der Waals surface area contributed by atoms with Gasteiger partial charge in [0.1, 0.15) is 6.10 Å². The number of carbonyl (C=O) groups is 2. The number of hydrogen-bond donors (Lipinski definition) is 1. The molecule has 0 aliphatic rings. The Balaban J connectivity index is 3.77. The predicted octanol–water partition coefficient (Wildman–Crippen LogP) is 5.43. The average Bonchev–Trinajstić information content (AvgIpc) is 2.51. The van der Waals surface area contributed by atoms with Gasteiger partial charge in [0.05, 0.1) is 0 Å². The van der Waals surface area contributed by atoms with Crippen LogP contribution in [0.3, 0.4) is 0 Å². The zero-order valence-corrected chi connectivity index (χ0v) is 15.3. The fourth-order valence-corrected chi connectivity index (χ4v) is 2.43. The number of hydrogen-bond acceptors (Lipinski definition) is 3. The van der Waals surface area contributed by atoms with Crippen molar-refractivity contribution in [3.8, 4) is 0 Å². The highest BCUT2D eigenvalue weighted by atomic mass is 16.5. The first-order valence-electron chi connectivity index (χ1n) is 9.28. The van der Waals surface area contributed by atoms with E-state index < -0.39 is 5.97 Å². The minimum atomic E-state index is -0.702.